The number of rotatable bonds is 15. The number of benzene rings is 4. The summed E-state index contributed by atoms with van der Waals surface area (Å²) in [6, 6.07) is 30.9. The van der Waals surface area contributed by atoms with E-state index in [1.807, 2.05) is 84.9 Å². The Morgan fingerprint density at radius 1 is 0.641 bits per heavy atom. The van der Waals surface area contributed by atoms with Crippen molar-refractivity contribution in [2.75, 3.05) is 56.1 Å². The molecule has 0 bridgehead atoms. The second-order valence-corrected chi connectivity index (χ2v) is 16.2. The van der Waals surface area contributed by atoms with Crippen LogP contribution in [0.5, 0.6) is 0 Å². The molecule has 0 aromatic heterocycles. The first-order valence-electron chi connectivity index (χ1n) is 21.6. The van der Waals surface area contributed by atoms with E-state index in [1.165, 1.54) is 19.1 Å². The molecule has 0 saturated carbocycles. The van der Waals surface area contributed by atoms with Crippen LogP contribution in [0.4, 0.5) is 26.7 Å². The molecule has 64 heavy (non-hydrogen) atoms. The van der Waals surface area contributed by atoms with Gasteiger partial charge < -0.3 is 50.2 Å². The summed E-state index contributed by atoms with van der Waals surface area (Å²) in [7, 11) is 2.48. The molecule has 16 nitrogen and oxygen atoms in total. The van der Waals surface area contributed by atoms with Gasteiger partial charge in [-0.2, -0.15) is 0 Å². The Morgan fingerprint density at radius 2 is 1.14 bits per heavy atom. The lowest BCUT2D eigenvalue weighted by atomic mass is 9.97. The summed E-state index contributed by atoms with van der Waals surface area (Å²) >= 11 is 0. The first-order valence-corrected chi connectivity index (χ1v) is 21.6. The molecule has 7 rings (SSSR count). The fourth-order valence-electron chi connectivity index (χ4n) is 8.60. The van der Waals surface area contributed by atoms with Crippen LogP contribution in [0.3, 0.4) is 0 Å². The first kappa shape index (κ1) is 45.1. The van der Waals surface area contributed by atoms with Crippen LogP contribution < -0.4 is 26.2 Å². The molecule has 0 radical (unpaired) electrons. The topological polar surface area (TPSA) is 188 Å². The van der Waals surface area contributed by atoms with E-state index >= 15 is 0 Å². The Morgan fingerprint density at radius 3 is 1.64 bits per heavy atom. The quantitative estimate of drug-likeness (QED) is 0.117. The maximum Gasteiger partial charge on any atom is 0.407 e. The average Bonchev–Trinajstić information content (AvgIpc) is 4.15. The highest BCUT2D eigenvalue weighted by Crippen LogP contribution is 2.28. The minimum atomic E-state index is -1.00. The number of likely N-dealkylation sites (tertiary alicyclic amines) is 2. The molecule has 4 N–H and O–H groups in total. The molecule has 0 unspecified atom stereocenters. The van der Waals surface area contributed by atoms with E-state index in [9.17, 15) is 28.8 Å². The Hall–Kier alpha value is -6.94. The largest absolute Gasteiger partial charge is 0.453 e. The molecule has 0 spiro atoms. The number of alkyl carbamates (subject to hydrolysis) is 2. The Balaban J connectivity index is 0.965. The van der Waals surface area contributed by atoms with Gasteiger partial charge in [0.2, 0.25) is 17.7 Å². The van der Waals surface area contributed by atoms with Crippen molar-refractivity contribution in [2.45, 2.75) is 69.4 Å². The van der Waals surface area contributed by atoms with Gasteiger partial charge in [0.15, 0.2) is 0 Å². The Kier molecular flexibility index (Phi) is 15.1. The Labute approximate surface area is 372 Å². The molecule has 3 fully saturated rings. The molecule has 6 amide bonds. The van der Waals surface area contributed by atoms with Crippen molar-refractivity contribution in [3.05, 3.63) is 126 Å². The smallest absolute Gasteiger partial charge is 0.407 e. The van der Waals surface area contributed by atoms with Gasteiger partial charge in [-0.3, -0.25) is 19.2 Å². The fourth-order valence-corrected chi connectivity index (χ4v) is 8.60. The van der Waals surface area contributed by atoms with Gasteiger partial charge in [-0.1, -0.05) is 72.8 Å². The Bertz CT molecular complexity index is 2240. The first-order chi connectivity index (χ1) is 31.1. The molecule has 5 atom stereocenters. The van der Waals surface area contributed by atoms with Crippen molar-refractivity contribution < 1.29 is 43.0 Å². The summed E-state index contributed by atoms with van der Waals surface area (Å²) in [4.78, 5) is 84.4. The van der Waals surface area contributed by atoms with Crippen molar-refractivity contribution in [2.24, 2.45) is 5.92 Å². The van der Waals surface area contributed by atoms with Gasteiger partial charge >= 0.3 is 12.2 Å². The number of ether oxygens (including phenoxy) is 3. The molecule has 3 aliphatic heterocycles. The van der Waals surface area contributed by atoms with E-state index in [-0.39, 0.29) is 29.5 Å². The SMILES string of the molecule is COC(=O)N[C@H](C(=O)N1CCC[C@H]1C(=O)Nc1ccc(CN(Cc2ccc(NC(=O)[C@@H]3CCCN3C(=O)[C@H](NC(=O)OC)c3ccccc3)cc2)c2ccccc2)cc1)[C@H]1CCOC1. The fraction of sp³-hybridized carbons (Fsp3) is 0.375. The normalized spacial score (nSPS) is 18.9. The van der Waals surface area contributed by atoms with E-state index in [1.54, 1.807) is 29.2 Å². The third-order valence-corrected chi connectivity index (χ3v) is 12.0. The van der Waals surface area contributed by atoms with Crippen molar-refractivity contribution >= 4 is 52.9 Å². The minimum absolute atomic E-state index is 0.209. The predicted octanol–water partition coefficient (Wildman–Crippen LogP) is 5.61. The van der Waals surface area contributed by atoms with Crippen LogP contribution in [0.15, 0.2) is 109 Å². The highest BCUT2D eigenvalue weighted by Gasteiger charge is 2.42. The van der Waals surface area contributed by atoms with E-state index in [0.29, 0.717) is 88.4 Å². The summed E-state index contributed by atoms with van der Waals surface area (Å²) in [6.07, 6.45) is 1.48. The lowest BCUT2D eigenvalue weighted by Crippen LogP contribution is -2.55. The highest BCUT2D eigenvalue weighted by molar-refractivity contribution is 6.00. The van der Waals surface area contributed by atoms with Gasteiger partial charge in [0.05, 0.1) is 20.8 Å². The van der Waals surface area contributed by atoms with Gasteiger partial charge in [0.1, 0.15) is 24.2 Å². The van der Waals surface area contributed by atoms with Crippen molar-refractivity contribution in [1.82, 2.24) is 20.4 Å². The van der Waals surface area contributed by atoms with Crippen LogP contribution in [0.1, 0.15) is 54.8 Å². The van der Waals surface area contributed by atoms with Crippen molar-refractivity contribution in [3.8, 4) is 0 Å². The zero-order chi connectivity index (χ0) is 45.0. The zero-order valence-corrected chi connectivity index (χ0v) is 36.1. The van der Waals surface area contributed by atoms with Gasteiger partial charge in [0.25, 0.3) is 5.91 Å². The molecule has 0 aliphatic carbocycles. The predicted molar refractivity (Wildman–Crippen MR) is 239 cm³/mol. The van der Waals surface area contributed by atoms with E-state index in [4.69, 9.17) is 14.2 Å². The number of nitrogens with zero attached hydrogens (tertiary/aromatic N) is 3. The van der Waals surface area contributed by atoms with Gasteiger partial charge in [-0.25, -0.2) is 9.59 Å². The third kappa shape index (κ3) is 11.2. The molecule has 3 heterocycles. The number of nitrogens with one attached hydrogen (secondary N) is 4. The molecule has 16 heteroatoms. The summed E-state index contributed by atoms with van der Waals surface area (Å²) in [5, 5.41) is 11.3. The molecular formula is C48H55N7O9. The molecule has 4 aromatic carbocycles. The maximum absolute atomic E-state index is 13.8. The average molecular weight is 874 g/mol. The number of anilines is 3. The number of methoxy groups -OCH3 is 2. The minimum Gasteiger partial charge on any atom is -0.453 e. The number of hydrogen-bond donors (Lipinski definition) is 4. The van der Waals surface area contributed by atoms with Crippen molar-refractivity contribution in [1.29, 1.82) is 0 Å². The van der Waals surface area contributed by atoms with Crippen LogP contribution in [0, 0.1) is 5.92 Å². The zero-order valence-electron chi connectivity index (χ0n) is 36.1. The van der Waals surface area contributed by atoms with Gasteiger partial charge in [0, 0.05) is 55.8 Å². The van der Waals surface area contributed by atoms with Crippen LogP contribution in [-0.2, 0) is 46.5 Å². The summed E-state index contributed by atoms with van der Waals surface area (Å²) < 4.78 is 15.1. The van der Waals surface area contributed by atoms with E-state index < -0.39 is 36.4 Å². The van der Waals surface area contributed by atoms with Crippen molar-refractivity contribution in [3.63, 3.8) is 0 Å². The van der Waals surface area contributed by atoms with Crippen LogP contribution in [-0.4, -0.2) is 104 Å². The number of para-hydroxylation sites is 1. The lowest BCUT2D eigenvalue weighted by Gasteiger charge is -2.30. The number of amides is 6. The maximum atomic E-state index is 13.8. The molecule has 3 saturated heterocycles. The number of hydrogen-bond acceptors (Lipinski definition) is 10. The lowest BCUT2D eigenvalue weighted by molar-refractivity contribution is -0.139. The molecule has 3 aliphatic rings. The highest BCUT2D eigenvalue weighted by atomic mass is 16.5. The summed E-state index contributed by atoms with van der Waals surface area (Å²) in [6.45, 7) is 2.74. The molecule has 336 valence electrons. The van der Waals surface area contributed by atoms with Crippen LogP contribution >= 0.6 is 0 Å². The van der Waals surface area contributed by atoms with Gasteiger partial charge in [-0.15, -0.1) is 0 Å². The van der Waals surface area contributed by atoms with E-state index in [0.717, 1.165) is 16.8 Å². The monoisotopic (exact) mass is 873 g/mol. The third-order valence-electron chi connectivity index (χ3n) is 12.0. The summed E-state index contributed by atoms with van der Waals surface area (Å²) in [5.74, 6) is -1.50. The van der Waals surface area contributed by atoms with Crippen LogP contribution in [0.25, 0.3) is 0 Å². The molecule has 4 aromatic rings. The van der Waals surface area contributed by atoms with Gasteiger partial charge in [-0.05, 0) is 85.2 Å². The molecular weight excluding hydrogens is 819 g/mol. The second-order valence-electron chi connectivity index (χ2n) is 16.2. The van der Waals surface area contributed by atoms with Crippen LogP contribution in [0.2, 0.25) is 0 Å². The number of carbonyl (C=O) groups excluding carboxylic acids is 6. The second kappa shape index (κ2) is 21.4. The van der Waals surface area contributed by atoms with E-state index in [2.05, 4.69) is 26.2 Å². The number of carbonyl (C=O) groups is 6. The standard InChI is InChI=1S/C48H55N7O9/c1-62-47(60)51-41(34-11-5-3-6-12-34)45(58)54-26-9-15-39(54)43(56)49-36-21-17-32(18-22-36)29-53(38-13-7-4-8-14-38)30-33-19-23-37(24-20-33)50-44(57)40-16-10-27-55(40)46(59)42(52-48(61)63-2)35-25-28-64-31-35/h3-8,11-14,17-24,35,39-42H,9-10,15-16,25-31H2,1-2H3,(H,49,56)(H,50,57)(H,51,60)(H,52,61)/t35-,39-,40-,41+,42-/m0/s1. The summed E-state index contributed by atoms with van der Waals surface area (Å²) in [5.41, 5.74) is 4.80.